The van der Waals surface area contributed by atoms with Gasteiger partial charge >= 0.3 is 8.56 Å². The van der Waals surface area contributed by atoms with Crippen LogP contribution in [0.4, 0.5) is 5.69 Å². The second kappa shape index (κ2) is 4.97. The van der Waals surface area contributed by atoms with E-state index in [0.717, 1.165) is 10.8 Å². The molecule has 0 heterocycles. The zero-order valence-electron chi connectivity index (χ0n) is 10.3. The number of benzene rings is 1. The van der Waals surface area contributed by atoms with Gasteiger partial charge < -0.3 is 20.3 Å². The summed E-state index contributed by atoms with van der Waals surface area (Å²) in [7, 11) is 0.917. The third-order valence-electron chi connectivity index (χ3n) is 2.90. The number of hydrogen-bond acceptors (Lipinski definition) is 4. The molecule has 0 bridgehead atoms. The normalized spacial score (nSPS) is 13.8. The Balaban J connectivity index is 3.30. The average molecular weight is 240 g/mol. The molecule has 1 rings (SSSR count). The fourth-order valence-electron chi connectivity index (χ4n) is 1.68. The van der Waals surface area contributed by atoms with Crippen LogP contribution in [0.1, 0.15) is 18.5 Å². The SMILES string of the molecule is CO[Si](C)(OC)c1cccc(C(C)N)c1N. The lowest BCUT2D eigenvalue weighted by atomic mass is 10.1. The van der Waals surface area contributed by atoms with Crippen molar-refractivity contribution in [1.29, 1.82) is 0 Å². The molecule has 0 spiro atoms. The maximum Gasteiger partial charge on any atom is 0.370 e. The molecule has 0 aromatic heterocycles. The maximum absolute atomic E-state index is 6.12. The quantitative estimate of drug-likeness (QED) is 0.605. The Bertz CT molecular complexity index is 365. The summed E-state index contributed by atoms with van der Waals surface area (Å²) in [6.07, 6.45) is 0. The number of nitrogens with two attached hydrogens (primary N) is 2. The van der Waals surface area contributed by atoms with Gasteiger partial charge in [-0.05, 0) is 19.0 Å². The van der Waals surface area contributed by atoms with Crippen molar-refractivity contribution in [3.05, 3.63) is 23.8 Å². The molecule has 0 saturated carbocycles. The highest BCUT2D eigenvalue weighted by Gasteiger charge is 2.34. The van der Waals surface area contributed by atoms with E-state index in [9.17, 15) is 0 Å². The van der Waals surface area contributed by atoms with Crippen LogP contribution in [-0.2, 0) is 8.85 Å². The van der Waals surface area contributed by atoms with Crippen molar-refractivity contribution >= 4 is 19.4 Å². The standard InChI is InChI=1S/C11H20N2O2Si/c1-8(12)9-6-5-7-10(11(9)13)16(4,14-2)15-3/h5-8H,12-13H2,1-4H3. The molecule has 5 heteroatoms. The van der Waals surface area contributed by atoms with Gasteiger partial charge in [-0.1, -0.05) is 18.2 Å². The van der Waals surface area contributed by atoms with Gasteiger partial charge in [0.25, 0.3) is 0 Å². The summed E-state index contributed by atoms with van der Waals surface area (Å²) < 4.78 is 11.0. The summed E-state index contributed by atoms with van der Waals surface area (Å²) in [6.45, 7) is 3.87. The minimum Gasteiger partial charge on any atom is -0.398 e. The first-order valence-electron chi connectivity index (χ1n) is 5.21. The molecule has 0 aliphatic heterocycles. The Morgan fingerprint density at radius 3 is 2.25 bits per heavy atom. The van der Waals surface area contributed by atoms with E-state index < -0.39 is 8.56 Å². The third-order valence-corrected chi connectivity index (χ3v) is 5.87. The second-order valence-electron chi connectivity index (χ2n) is 3.95. The monoisotopic (exact) mass is 240 g/mol. The molecule has 1 unspecified atom stereocenters. The molecule has 0 fully saturated rings. The minimum absolute atomic E-state index is 0.0908. The van der Waals surface area contributed by atoms with Gasteiger partial charge in [-0.3, -0.25) is 0 Å². The van der Waals surface area contributed by atoms with Crippen LogP contribution in [0.2, 0.25) is 6.55 Å². The lowest BCUT2D eigenvalue weighted by molar-refractivity contribution is 0.265. The molecule has 0 aliphatic rings. The first-order valence-corrected chi connectivity index (χ1v) is 7.52. The topological polar surface area (TPSA) is 70.5 Å². The molecule has 0 saturated heterocycles. The molecule has 16 heavy (non-hydrogen) atoms. The van der Waals surface area contributed by atoms with Gasteiger partial charge in [0.1, 0.15) is 0 Å². The fraction of sp³-hybridized carbons (Fsp3) is 0.455. The largest absolute Gasteiger partial charge is 0.398 e. The smallest absolute Gasteiger partial charge is 0.370 e. The van der Waals surface area contributed by atoms with Crippen LogP contribution in [0.5, 0.6) is 0 Å². The summed E-state index contributed by atoms with van der Waals surface area (Å²) in [5.41, 5.74) is 13.6. The number of nitrogen functional groups attached to an aromatic ring is 1. The van der Waals surface area contributed by atoms with E-state index in [0.29, 0.717) is 5.69 Å². The van der Waals surface area contributed by atoms with E-state index >= 15 is 0 Å². The highest BCUT2D eigenvalue weighted by atomic mass is 28.4. The second-order valence-corrected chi connectivity index (χ2v) is 7.20. The van der Waals surface area contributed by atoms with Crippen LogP contribution >= 0.6 is 0 Å². The molecule has 1 aromatic carbocycles. The molecule has 0 radical (unpaired) electrons. The summed E-state index contributed by atoms with van der Waals surface area (Å²) in [5.74, 6) is 0. The van der Waals surface area contributed by atoms with Crippen molar-refractivity contribution < 1.29 is 8.85 Å². The summed E-state index contributed by atoms with van der Waals surface area (Å²) in [5, 5.41) is 0.937. The first-order chi connectivity index (χ1) is 7.46. The van der Waals surface area contributed by atoms with Gasteiger partial charge in [0.15, 0.2) is 0 Å². The third kappa shape index (κ3) is 2.27. The van der Waals surface area contributed by atoms with Crippen LogP contribution in [0.15, 0.2) is 18.2 Å². The summed E-state index contributed by atoms with van der Waals surface area (Å²) in [6, 6.07) is 5.73. The highest BCUT2D eigenvalue weighted by Crippen LogP contribution is 2.19. The molecule has 90 valence electrons. The molecule has 1 aromatic rings. The Kier molecular flexibility index (Phi) is 4.09. The van der Waals surface area contributed by atoms with Crippen molar-refractivity contribution in [2.24, 2.45) is 5.73 Å². The number of anilines is 1. The van der Waals surface area contributed by atoms with Crippen LogP contribution in [0.3, 0.4) is 0 Å². The van der Waals surface area contributed by atoms with Gasteiger partial charge in [-0.25, -0.2) is 0 Å². The van der Waals surface area contributed by atoms with E-state index in [1.54, 1.807) is 14.2 Å². The fourth-order valence-corrected chi connectivity index (χ4v) is 3.32. The average Bonchev–Trinajstić information content (AvgIpc) is 2.28. The Labute approximate surface area is 97.8 Å². The summed E-state index contributed by atoms with van der Waals surface area (Å²) in [4.78, 5) is 0. The number of para-hydroxylation sites is 1. The van der Waals surface area contributed by atoms with Crippen molar-refractivity contribution in [2.75, 3.05) is 20.0 Å². The van der Waals surface area contributed by atoms with Gasteiger partial charge in [0, 0.05) is 31.1 Å². The van der Waals surface area contributed by atoms with E-state index in [2.05, 4.69) is 0 Å². The predicted octanol–water partition coefficient (Wildman–Crippen LogP) is 0.860. The van der Waals surface area contributed by atoms with Crippen LogP contribution in [0, 0.1) is 0 Å². The molecule has 4 N–H and O–H groups in total. The van der Waals surface area contributed by atoms with E-state index in [1.807, 2.05) is 31.7 Å². The maximum atomic E-state index is 6.12. The van der Waals surface area contributed by atoms with Crippen molar-refractivity contribution in [2.45, 2.75) is 19.5 Å². The minimum atomic E-state index is -2.38. The Morgan fingerprint density at radius 2 is 1.81 bits per heavy atom. The molecule has 1 atom stereocenters. The number of rotatable bonds is 4. The lowest BCUT2D eigenvalue weighted by Crippen LogP contribution is -2.50. The van der Waals surface area contributed by atoms with Crippen LogP contribution in [0.25, 0.3) is 0 Å². The van der Waals surface area contributed by atoms with E-state index in [4.69, 9.17) is 20.3 Å². The molecule has 0 aliphatic carbocycles. The van der Waals surface area contributed by atoms with E-state index in [-0.39, 0.29) is 6.04 Å². The van der Waals surface area contributed by atoms with Crippen LogP contribution in [-0.4, -0.2) is 22.8 Å². The molecule has 0 amide bonds. The van der Waals surface area contributed by atoms with Crippen LogP contribution < -0.4 is 16.7 Å². The first kappa shape index (κ1) is 13.2. The lowest BCUT2D eigenvalue weighted by Gasteiger charge is -2.26. The zero-order valence-corrected chi connectivity index (χ0v) is 11.3. The number of hydrogen-bond donors (Lipinski definition) is 2. The van der Waals surface area contributed by atoms with Gasteiger partial charge in [-0.15, -0.1) is 0 Å². The van der Waals surface area contributed by atoms with Crippen molar-refractivity contribution in [3.63, 3.8) is 0 Å². The predicted molar refractivity (Wildman–Crippen MR) is 68.7 cm³/mol. The van der Waals surface area contributed by atoms with Gasteiger partial charge in [-0.2, -0.15) is 0 Å². The summed E-state index contributed by atoms with van der Waals surface area (Å²) >= 11 is 0. The van der Waals surface area contributed by atoms with E-state index in [1.165, 1.54) is 0 Å². The highest BCUT2D eigenvalue weighted by molar-refractivity contribution is 6.81. The molecular weight excluding hydrogens is 220 g/mol. The molecule has 4 nitrogen and oxygen atoms in total. The van der Waals surface area contributed by atoms with Gasteiger partial charge in [0.05, 0.1) is 0 Å². The Hall–Kier alpha value is -0.883. The van der Waals surface area contributed by atoms with Gasteiger partial charge in [0.2, 0.25) is 0 Å². The van der Waals surface area contributed by atoms with Crippen molar-refractivity contribution in [1.82, 2.24) is 0 Å². The van der Waals surface area contributed by atoms with Crippen molar-refractivity contribution in [3.8, 4) is 0 Å². The Morgan fingerprint density at radius 1 is 1.25 bits per heavy atom. The zero-order chi connectivity index (χ0) is 12.3. The molecular formula is C11H20N2O2Si.